The van der Waals surface area contributed by atoms with Crippen LogP contribution in [0.4, 0.5) is 0 Å². The third-order valence-corrected chi connectivity index (χ3v) is 4.27. The van der Waals surface area contributed by atoms with Crippen LogP contribution in [0, 0.1) is 0 Å². The van der Waals surface area contributed by atoms with Crippen molar-refractivity contribution in [2.75, 3.05) is 0 Å². The van der Waals surface area contributed by atoms with Gasteiger partial charge in [0.05, 0.1) is 11.2 Å². The molecule has 0 aromatic heterocycles. The van der Waals surface area contributed by atoms with Crippen LogP contribution < -0.4 is 5.46 Å². The average Bonchev–Trinajstić information content (AvgIpc) is 2.58. The molecule has 0 aliphatic carbocycles. The molecular weight excluding hydrogens is 267 g/mol. The Morgan fingerprint density at radius 3 is 2.00 bits per heavy atom. The number of hydrogen-bond donors (Lipinski definition) is 0. The van der Waals surface area contributed by atoms with Crippen molar-refractivity contribution in [3.05, 3.63) is 29.8 Å². The molecule has 21 heavy (non-hydrogen) atoms. The Labute approximate surface area is 126 Å². The highest BCUT2D eigenvalue weighted by atomic mass is 16.7. The molecule has 5 heteroatoms. The molecule has 0 bridgehead atoms. The highest BCUT2D eigenvalue weighted by molar-refractivity contribution is 6.62. The smallest absolute Gasteiger partial charge is 0.458 e. The van der Waals surface area contributed by atoms with Gasteiger partial charge in [0.25, 0.3) is 0 Å². The molecule has 1 aliphatic rings. The summed E-state index contributed by atoms with van der Waals surface area (Å²) in [5.74, 6) is -0.280. The molecule has 0 unspecified atom stereocenters. The van der Waals surface area contributed by atoms with E-state index >= 15 is 0 Å². The SMILES string of the molecule is CC(=O)O[C@H](C)c1ccc(B2OC(C)(C)C(C)(C)O2)cc1. The van der Waals surface area contributed by atoms with Gasteiger partial charge in [-0.15, -0.1) is 0 Å². The first-order chi connectivity index (χ1) is 9.62. The van der Waals surface area contributed by atoms with Gasteiger partial charge in [0, 0.05) is 6.92 Å². The van der Waals surface area contributed by atoms with Gasteiger partial charge in [-0.1, -0.05) is 24.3 Å². The number of ether oxygens (including phenoxy) is 1. The molecule has 0 spiro atoms. The van der Waals surface area contributed by atoms with Crippen molar-refractivity contribution in [1.82, 2.24) is 0 Å². The number of carbonyl (C=O) groups is 1. The van der Waals surface area contributed by atoms with Crippen molar-refractivity contribution in [3.63, 3.8) is 0 Å². The lowest BCUT2D eigenvalue weighted by Crippen LogP contribution is -2.41. The molecule has 0 amide bonds. The van der Waals surface area contributed by atoms with Gasteiger partial charge >= 0.3 is 13.1 Å². The molecule has 1 atom stereocenters. The van der Waals surface area contributed by atoms with Crippen LogP contribution in [0.3, 0.4) is 0 Å². The molecule has 0 radical (unpaired) electrons. The molecule has 4 nitrogen and oxygen atoms in total. The highest BCUT2D eigenvalue weighted by Gasteiger charge is 2.51. The van der Waals surface area contributed by atoms with Crippen LogP contribution in [-0.2, 0) is 18.8 Å². The molecule has 1 saturated heterocycles. The highest BCUT2D eigenvalue weighted by Crippen LogP contribution is 2.36. The number of hydrogen-bond acceptors (Lipinski definition) is 4. The Morgan fingerprint density at radius 1 is 1.10 bits per heavy atom. The zero-order valence-corrected chi connectivity index (χ0v) is 13.6. The summed E-state index contributed by atoms with van der Waals surface area (Å²) in [6.07, 6.45) is -0.255. The van der Waals surface area contributed by atoms with Crippen LogP contribution in [0.25, 0.3) is 0 Å². The maximum Gasteiger partial charge on any atom is 0.494 e. The monoisotopic (exact) mass is 290 g/mol. The fourth-order valence-electron chi connectivity index (χ4n) is 2.22. The van der Waals surface area contributed by atoms with E-state index in [0.29, 0.717) is 0 Å². The molecule has 114 valence electrons. The second kappa shape index (κ2) is 5.46. The summed E-state index contributed by atoms with van der Waals surface area (Å²) >= 11 is 0. The van der Waals surface area contributed by atoms with Gasteiger partial charge in [-0.2, -0.15) is 0 Å². The first-order valence-electron chi connectivity index (χ1n) is 7.25. The first-order valence-corrected chi connectivity index (χ1v) is 7.25. The summed E-state index contributed by atoms with van der Waals surface area (Å²) in [5.41, 5.74) is 1.22. The van der Waals surface area contributed by atoms with Gasteiger partial charge in [0.2, 0.25) is 0 Å². The van der Waals surface area contributed by atoms with E-state index in [1.54, 1.807) is 0 Å². The van der Waals surface area contributed by atoms with Gasteiger partial charge in [-0.3, -0.25) is 4.79 Å². The summed E-state index contributed by atoms with van der Waals surface area (Å²) in [6.45, 7) is 11.4. The molecule has 0 saturated carbocycles. The van der Waals surface area contributed by atoms with Crippen LogP contribution in [0.5, 0.6) is 0 Å². The standard InChI is InChI=1S/C16H23BO4/c1-11(19-12(2)18)13-7-9-14(10-8-13)17-20-15(3,4)16(5,6)21-17/h7-11H,1-6H3/t11-/m1/s1. The van der Waals surface area contributed by atoms with Crippen LogP contribution in [0.2, 0.25) is 0 Å². The van der Waals surface area contributed by atoms with E-state index in [2.05, 4.69) is 0 Å². The lowest BCUT2D eigenvalue weighted by atomic mass is 9.78. The fraction of sp³-hybridized carbons (Fsp3) is 0.562. The van der Waals surface area contributed by atoms with Crippen LogP contribution in [0.15, 0.2) is 24.3 Å². The number of rotatable bonds is 3. The Bertz CT molecular complexity index is 506. The van der Waals surface area contributed by atoms with E-state index < -0.39 is 0 Å². The first kappa shape index (κ1) is 16.1. The Hall–Kier alpha value is -1.33. The summed E-state index contributed by atoms with van der Waals surface area (Å²) in [7, 11) is -0.368. The molecule has 1 fully saturated rings. The Kier molecular flexibility index (Phi) is 4.18. The van der Waals surface area contributed by atoms with Crippen molar-refractivity contribution in [2.45, 2.75) is 58.8 Å². The van der Waals surface area contributed by atoms with E-state index in [0.717, 1.165) is 11.0 Å². The van der Waals surface area contributed by atoms with Crippen molar-refractivity contribution in [2.24, 2.45) is 0 Å². The predicted octanol–water partition coefficient (Wildman–Crippen LogP) is 2.61. The molecule has 1 aromatic rings. The van der Waals surface area contributed by atoms with Crippen molar-refractivity contribution >= 4 is 18.6 Å². The lowest BCUT2D eigenvalue weighted by Gasteiger charge is -2.32. The zero-order valence-electron chi connectivity index (χ0n) is 13.6. The normalized spacial score (nSPS) is 21.1. The molecule has 1 heterocycles. The van der Waals surface area contributed by atoms with Crippen molar-refractivity contribution in [3.8, 4) is 0 Å². The van der Waals surface area contributed by atoms with Gasteiger partial charge < -0.3 is 14.0 Å². The third kappa shape index (κ3) is 3.30. The maximum atomic E-state index is 11.0. The fourth-order valence-corrected chi connectivity index (χ4v) is 2.22. The van der Waals surface area contributed by atoms with E-state index in [4.69, 9.17) is 14.0 Å². The largest absolute Gasteiger partial charge is 0.494 e. The summed E-state index contributed by atoms with van der Waals surface area (Å²) < 4.78 is 17.2. The second-order valence-corrected chi connectivity index (χ2v) is 6.51. The number of benzene rings is 1. The zero-order chi connectivity index (χ0) is 15.8. The van der Waals surface area contributed by atoms with E-state index in [-0.39, 0.29) is 30.4 Å². The van der Waals surface area contributed by atoms with Gasteiger partial charge in [0.1, 0.15) is 6.10 Å². The van der Waals surface area contributed by atoms with Gasteiger partial charge in [-0.25, -0.2) is 0 Å². The van der Waals surface area contributed by atoms with Crippen LogP contribution in [0.1, 0.15) is 53.2 Å². The maximum absolute atomic E-state index is 11.0. The van der Waals surface area contributed by atoms with Gasteiger partial charge in [-0.05, 0) is 45.6 Å². The molecule has 1 aromatic carbocycles. The Morgan fingerprint density at radius 2 is 1.57 bits per heavy atom. The lowest BCUT2D eigenvalue weighted by molar-refractivity contribution is -0.145. The second-order valence-electron chi connectivity index (χ2n) is 6.51. The Balaban J connectivity index is 2.12. The molecule has 0 N–H and O–H groups in total. The third-order valence-electron chi connectivity index (χ3n) is 4.27. The minimum Gasteiger partial charge on any atom is -0.458 e. The summed E-state index contributed by atoms with van der Waals surface area (Å²) in [4.78, 5) is 11.0. The topological polar surface area (TPSA) is 44.8 Å². The predicted molar refractivity (Wildman–Crippen MR) is 82.3 cm³/mol. The quantitative estimate of drug-likeness (QED) is 0.634. The van der Waals surface area contributed by atoms with E-state index in [9.17, 15) is 4.79 Å². The molecule has 1 aliphatic heterocycles. The van der Waals surface area contributed by atoms with Crippen molar-refractivity contribution in [1.29, 1.82) is 0 Å². The minimum atomic E-state index is -0.368. The van der Waals surface area contributed by atoms with E-state index in [1.165, 1.54) is 6.92 Å². The van der Waals surface area contributed by atoms with Gasteiger partial charge in [0.15, 0.2) is 0 Å². The molecule has 2 rings (SSSR count). The average molecular weight is 290 g/mol. The van der Waals surface area contributed by atoms with Crippen LogP contribution in [-0.4, -0.2) is 24.3 Å². The van der Waals surface area contributed by atoms with Crippen LogP contribution >= 0.6 is 0 Å². The van der Waals surface area contributed by atoms with E-state index in [1.807, 2.05) is 58.9 Å². The number of esters is 1. The number of carbonyl (C=O) groups excluding carboxylic acids is 1. The molecular formula is C16H23BO4. The summed E-state index contributed by atoms with van der Waals surface area (Å²) in [6, 6.07) is 7.79. The van der Waals surface area contributed by atoms with Crippen molar-refractivity contribution < 1.29 is 18.8 Å². The summed E-state index contributed by atoms with van der Waals surface area (Å²) in [5, 5.41) is 0. The minimum absolute atomic E-state index is 0.255.